The second kappa shape index (κ2) is 5.61. The number of ether oxygens (including phenoxy) is 2. The van der Waals surface area contributed by atoms with Crippen LogP contribution in [0, 0.1) is 0 Å². The zero-order chi connectivity index (χ0) is 10.7. The first-order chi connectivity index (χ1) is 7.29. The van der Waals surface area contributed by atoms with Gasteiger partial charge in [0.05, 0.1) is 12.6 Å². The SMILES string of the molecule is CCOc1ccc([C@@H]2COC(=O)N2)cc1.Cl. The molecule has 1 fully saturated rings. The van der Waals surface area contributed by atoms with Gasteiger partial charge in [-0.1, -0.05) is 12.1 Å². The Kier molecular flexibility index (Phi) is 4.43. The quantitative estimate of drug-likeness (QED) is 0.886. The van der Waals surface area contributed by atoms with E-state index in [9.17, 15) is 4.79 Å². The highest BCUT2D eigenvalue weighted by atomic mass is 35.5. The van der Waals surface area contributed by atoms with Gasteiger partial charge in [-0.2, -0.15) is 0 Å². The largest absolute Gasteiger partial charge is 0.494 e. The molecule has 0 saturated carbocycles. The zero-order valence-corrected chi connectivity index (χ0v) is 9.75. The Morgan fingerprint density at radius 3 is 2.62 bits per heavy atom. The van der Waals surface area contributed by atoms with E-state index in [-0.39, 0.29) is 24.5 Å². The summed E-state index contributed by atoms with van der Waals surface area (Å²) in [5.74, 6) is 0.839. The average Bonchev–Trinajstić information content (AvgIpc) is 2.67. The van der Waals surface area contributed by atoms with Gasteiger partial charge in [0.25, 0.3) is 0 Å². The minimum Gasteiger partial charge on any atom is -0.494 e. The van der Waals surface area contributed by atoms with E-state index in [4.69, 9.17) is 9.47 Å². The van der Waals surface area contributed by atoms with Crippen LogP contribution in [0.2, 0.25) is 0 Å². The summed E-state index contributed by atoms with van der Waals surface area (Å²) in [6.45, 7) is 2.99. The van der Waals surface area contributed by atoms with Crippen LogP contribution in [0.3, 0.4) is 0 Å². The van der Waals surface area contributed by atoms with Gasteiger partial charge in [-0.3, -0.25) is 0 Å². The fraction of sp³-hybridized carbons (Fsp3) is 0.364. The topological polar surface area (TPSA) is 47.6 Å². The molecule has 1 atom stereocenters. The molecule has 1 aliphatic rings. The van der Waals surface area contributed by atoms with Crippen molar-refractivity contribution in [2.75, 3.05) is 13.2 Å². The standard InChI is InChI=1S/C11H13NO3.ClH/c1-2-14-9-5-3-8(4-6-9)10-7-15-11(13)12-10;/h3-6,10H,2,7H2,1H3,(H,12,13);1H/t10-;/m0./s1. The van der Waals surface area contributed by atoms with Gasteiger partial charge in [-0.05, 0) is 24.6 Å². The van der Waals surface area contributed by atoms with E-state index >= 15 is 0 Å². The van der Waals surface area contributed by atoms with Crippen LogP contribution in [0.25, 0.3) is 0 Å². The summed E-state index contributed by atoms with van der Waals surface area (Å²) in [4.78, 5) is 10.8. The molecule has 1 aromatic carbocycles. The number of halogens is 1. The van der Waals surface area contributed by atoms with Crippen LogP contribution in [0.15, 0.2) is 24.3 Å². The number of hydrogen-bond donors (Lipinski definition) is 1. The maximum Gasteiger partial charge on any atom is 0.407 e. The van der Waals surface area contributed by atoms with Crippen LogP contribution in [0.4, 0.5) is 4.79 Å². The summed E-state index contributed by atoms with van der Waals surface area (Å²) < 4.78 is 10.1. The number of benzene rings is 1. The van der Waals surface area contributed by atoms with E-state index in [0.29, 0.717) is 13.2 Å². The summed E-state index contributed by atoms with van der Waals surface area (Å²) in [6, 6.07) is 7.62. The van der Waals surface area contributed by atoms with Crippen LogP contribution >= 0.6 is 12.4 Å². The van der Waals surface area contributed by atoms with E-state index in [1.54, 1.807) is 0 Å². The highest BCUT2D eigenvalue weighted by Gasteiger charge is 2.23. The molecule has 0 unspecified atom stereocenters. The molecule has 0 spiro atoms. The summed E-state index contributed by atoms with van der Waals surface area (Å²) in [6.07, 6.45) is -0.353. The molecule has 0 radical (unpaired) electrons. The summed E-state index contributed by atoms with van der Waals surface area (Å²) >= 11 is 0. The lowest BCUT2D eigenvalue weighted by atomic mass is 10.1. The molecule has 1 N–H and O–H groups in total. The average molecular weight is 244 g/mol. The van der Waals surface area contributed by atoms with Crippen LogP contribution in [-0.2, 0) is 4.74 Å². The smallest absolute Gasteiger partial charge is 0.407 e. The fourth-order valence-electron chi connectivity index (χ4n) is 1.53. The normalized spacial score (nSPS) is 18.3. The molecule has 1 aromatic rings. The Morgan fingerprint density at radius 1 is 1.44 bits per heavy atom. The Hall–Kier alpha value is -1.42. The van der Waals surface area contributed by atoms with Crippen molar-refractivity contribution in [1.29, 1.82) is 0 Å². The highest BCUT2D eigenvalue weighted by molar-refractivity contribution is 5.85. The monoisotopic (exact) mass is 243 g/mol. The maximum atomic E-state index is 10.8. The lowest BCUT2D eigenvalue weighted by Gasteiger charge is -2.08. The number of carbonyl (C=O) groups is 1. The predicted molar refractivity (Wildman–Crippen MR) is 62.1 cm³/mol. The minimum atomic E-state index is -0.353. The van der Waals surface area contributed by atoms with Gasteiger partial charge in [-0.25, -0.2) is 4.79 Å². The van der Waals surface area contributed by atoms with Crippen LogP contribution in [0.5, 0.6) is 5.75 Å². The Labute approximate surface area is 100 Å². The van der Waals surface area contributed by atoms with Gasteiger partial charge in [0, 0.05) is 0 Å². The third-order valence-electron chi connectivity index (χ3n) is 2.27. The second-order valence-electron chi connectivity index (χ2n) is 3.30. The third-order valence-corrected chi connectivity index (χ3v) is 2.27. The lowest BCUT2D eigenvalue weighted by molar-refractivity contribution is 0.177. The van der Waals surface area contributed by atoms with Crippen molar-refractivity contribution >= 4 is 18.5 Å². The summed E-state index contributed by atoms with van der Waals surface area (Å²) in [5.41, 5.74) is 1.03. The van der Waals surface area contributed by atoms with Crippen LogP contribution in [-0.4, -0.2) is 19.3 Å². The molecule has 0 bridgehead atoms. The van der Waals surface area contributed by atoms with Crippen molar-refractivity contribution in [3.8, 4) is 5.75 Å². The molecule has 16 heavy (non-hydrogen) atoms. The molecule has 1 aliphatic heterocycles. The lowest BCUT2D eigenvalue weighted by Crippen LogP contribution is -2.18. The summed E-state index contributed by atoms with van der Waals surface area (Å²) in [5, 5.41) is 2.72. The molecular formula is C11H14ClNO3. The van der Waals surface area contributed by atoms with Crippen molar-refractivity contribution in [2.45, 2.75) is 13.0 Å². The molecule has 1 heterocycles. The number of hydrogen-bond acceptors (Lipinski definition) is 3. The highest BCUT2D eigenvalue weighted by Crippen LogP contribution is 2.20. The minimum absolute atomic E-state index is 0. The van der Waals surface area contributed by atoms with Gasteiger partial charge in [-0.15, -0.1) is 12.4 Å². The Balaban J connectivity index is 0.00000128. The number of alkyl carbamates (subject to hydrolysis) is 1. The van der Waals surface area contributed by atoms with E-state index in [2.05, 4.69) is 5.32 Å². The molecule has 5 heteroatoms. The van der Waals surface area contributed by atoms with Gasteiger partial charge in [0.2, 0.25) is 0 Å². The zero-order valence-electron chi connectivity index (χ0n) is 8.93. The maximum absolute atomic E-state index is 10.8. The number of amides is 1. The molecule has 0 aliphatic carbocycles. The number of carbonyl (C=O) groups excluding carboxylic acids is 1. The first-order valence-corrected chi connectivity index (χ1v) is 4.95. The van der Waals surface area contributed by atoms with E-state index in [1.807, 2.05) is 31.2 Å². The van der Waals surface area contributed by atoms with Gasteiger partial charge in [0.15, 0.2) is 0 Å². The number of nitrogens with one attached hydrogen (secondary N) is 1. The molecule has 0 aromatic heterocycles. The number of cyclic esters (lactones) is 1. The van der Waals surface area contributed by atoms with Crippen LogP contribution in [0.1, 0.15) is 18.5 Å². The Morgan fingerprint density at radius 2 is 2.12 bits per heavy atom. The van der Waals surface area contributed by atoms with Crippen molar-refractivity contribution in [3.05, 3.63) is 29.8 Å². The van der Waals surface area contributed by atoms with Gasteiger partial charge >= 0.3 is 6.09 Å². The first kappa shape index (κ1) is 12.6. The molecule has 4 nitrogen and oxygen atoms in total. The van der Waals surface area contributed by atoms with E-state index < -0.39 is 0 Å². The number of rotatable bonds is 3. The second-order valence-corrected chi connectivity index (χ2v) is 3.30. The van der Waals surface area contributed by atoms with Crippen molar-refractivity contribution in [1.82, 2.24) is 5.32 Å². The predicted octanol–water partition coefficient (Wildman–Crippen LogP) is 2.29. The van der Waals surface area contributed by atoms with Crippen LogP contribution < -0.4 is 10.1 Å². The van der Waals surface area contributed by atoms with Crippen molar-refractivity contribution < 1.29 is 14.3 Å². The molecule has 1 saturated heterocycles. The van der Waals surface area contributed by atoms with Gasteiger partial charge < -0.3 is 14.8 Å². The molecular weight excluding hydrogens is 230 g/mol. The van der Waals surface area contributed by atoms with Crippen molar-refractivity contribution in [3.63, 3.8) is 0 Å². The molecule has 88 valence electrons. The summed E-state index contributed by atoms with van der Waals surface area (Å²) in [7, 11) is 0. The molecule has 2 rings (SSSR count). The van der Waals surface area contributed by atoms with Crippen molar-refractivity contribution in [2.24, 2.45) is 0 Å². The first-order valence-electron chi connectivity index (χ1n) is 4.95. The van der Waals surface area contributed by atoms with Gasteiger partial charge in [0.1, 0.15) is 12.4 Å². The Bertz CT molecular complexity index is 353. The van der Waals surface area contributed by atoms with E-state index in [1.165, 1.54) is 0 Å². The fourth-order valence-corrected chi connectivity index (χ4v) is 1.53. The molecule has 1 amide bonds. The third kappa shape index (κ3) is 2.79. The van der Waals surface area contributed by atoms with E-state index in [0.717, 1.165) is 11.3 Å².